The van der Waals surface area contributed by atoms with E-state index >= 15 is 0 Å². The van der Waals surface area contributed by atoms with Gasteiger partial charge in [0.15, 0.2) is 0 Å². The van der Waals surface area contributed by atoms with Crippen LogP contribution >= 0.6 is 0 Å². The summed E-state index contributed by atoms with van der Waals surface area (Å²) in [5.41, 5.74) is 0. The topological polar surface area (TPSA) is 12.0 Å². The monoisotopic (exact) mass is 153 g/mol. The normalized spacial score (nSPS) is 19.7. The van der Waals surface area contributed by atoms with Crippen molar-refractivity contribution in [2.45, 2.75) is 38.6 Å². The number of hydrogen-bond donors (Lipinski definition) is 1. The van der Waals surface area contributed by atoms with Gasteiger partial charge in [-0.15, -0.1) is 6.58 Å². The van der Waals surface area contributed by atoms with Crippen molar-refractivity contribution in [2.24, 2.45) is 5.92 Å². The highest BCUT2D eigenvalue weighted by molar-refractivity contribution is 4.77. The second kappa shape index (κ2) is 4.55. The standard InChI is InChI=1S/C10H19N/c1-3-4-9(2)11-8-7-10-5-6-10/h3,9-11H,1,4-8H2,2H3. The third kappa shape index (κ3) is 4.20. The molecule has 0 spiro atoms. The molecule has 0 aromatic carbocycles. The summed E-state index contributed by atoms with van der Waals surface area (Å²) >= 11 is 0. The highest BCUT2D eigenvalue weighted by atomic mass is 14.9. The van der Waals surface area contributed by atoms with E-state index in [-0.39, 0.29) is 0 Å². The Labute approximate surface area is 69.9 Å². The summed E-state index contributed by atoms with van der Waals surface area (Å²) in [6.07, 6.45) is 7.38. The molecule has 0 aromatic rings. The Morgan fingerprint density at radius 2 is 2.36 bits per heavy atom. The van der Waals surface area contributed by atoms with Crippen molar-refractivity contribution < 1.29 is 0 Å². The van der Waals surface area contributed by atoms with Crippen molar-refractivity contribution in [2.75, 3.05) is 6.54 Å². The average Bonchev–Trinajstić information content (AvgIpc) is 2.72. The average molecular weight is 153 g/mol. The minimum absolute atomic E-state index is 0.617. The highest BCUT2D eigenvalue weighted by Gasteiger charge is 2.20. The second-order valence-corrected chi connectivity index (χ2v) is 3.61. The van der Waals surface area contributed by atoms with Gasteiger partial charge < -0.3 is 5.32 Å². The molecule has 1 aliphatic rings. The first-order valence-corrected chi connectivity index (χ1v) is 4.67. The van der Waals surface area contributed by atoms with Crippen LogP contribution < -0.4 is 5.32 Å². The summed E-state index contributed by atoms with van der Waals surface area (Å²) < 4.78 is 0. The van der Waals surface area contributed by atoms with E-state index in [0.29, 0.717) is 6.04 Å². The van der Waals surface area contributed by atoms with Gasteiger partial charge in [0.25, 0.3) is 0 Å². The van der Waals surface area contributed by atoms with Gasteiger partial charge in [0, 0.05) is 6.04 Å². The quantitative estimate of drug-likeness (QED) is 0.577. The Morgan fingerprint density at radius 3 is 2.91 bits per heavy atom. The summed E-state index contributed by atoms with van der Waals surface area (Å²) in [4.78, 5) is 0. The zero-order chi connectivity index (χ0) is 8.10. The van der Waals surface area contributed by atoms with Gasteiger partial charge in [-0.3, -0.25) is 0 Å². The molecule has 0 saturated heterocycles. The lowest BCUT2D eigenvalue weighted by Gasteiger charge is -2.10. The summed E-state index contributed by atoms with van der Waals surface area (Å²) in [6, 6.07) is 0.617. The smallest absolute Gasteiger partial charge is 0.00731 e. The van der Waals surface area contributed by atoms with Crippen LogP contribution in [0.25, 0.3) is 0 Å². The molecule has 1 fully saturated rings. The number of rotatable bonds is 6. The fourth-order valence-corrected chi connectivity index (χ4v) is 1.27. The van der Waals surface area contributed by atoms with Crippen LogP contribution in [-0.2, 0) is 0 Å². The molecule has 64 valence electrons. The molecule has 1 aliphatic carbocycles. The fourth-order valence-electron chi connectivity index (χ4n) is 1.27. The third-order valence-electron chi connectivity index (χ3n) is 2.26. The maximum Gasteiger partial charge on any atom is 0.00731 e. The van der Waals surface area contributed by atoms with Crippen LogP contribution in [0.2, 0.25) is 0 Å². The summed E-state index contributed by atoms with van der Waals surface area (Å²) in [6.45, 7) is 7.13. The Hall–Kier alpha value is -0.300. The van der Waals surface area contributed by atoms with Gasteiger partial charge in [-0.1, -0.05) is 18.9 Å². The van der Waals surface area contributed by atoms with E-state index in [1.807, 2.05) is 6.08 Å². The van der Waals surface area contributed by atoms with Gasteiger partial charge in [-0.05, 0) is 32.2 Å². The molecule has 1 N–H and O–H groups in total. The fraction of sp³-hybridized carbons (Fsp3) is 0.800. The molecule has 0 aliphatic heterocycles. The highest BCUT2D eigenvalue weighted by Crippen LogP contribution is 2.31. The summed E-state index contributed by atoms with van der Waals surface area (Å²) in [7, 11) is 0. The molecule has 1 atom stereocenters. The predicted octanol–water partition coefficient (Wildman–Crippen LogP) is 2.34. The van der Waals surface area contributed by atoms with E-state index in [0.717, 1.165) is 12.3 Å². The third-order valence-corrected chi connectivity index (χ3v) is 2.26. The van der Waals surface area contributed by atoms with E-state index in [9.17, 15) is 0 Å². The lowest BCUT2D eigenvalue weighted by atomic mass is 10.2. The van der Waals surface area contributed by atoms with Crippen molar-refractivity contribution in [3.05, 3.63) is 12.7 Å². The molecule has 0 aromatic heterocycles. The first-order chi connectivity index (χ1) is 5.33. The maximum atomic E-state index is 3.72. The molecule has 1 heteroatoms. The summed E-state index contributed by atoms with van der Waals surface area (Å²) in [5.74, 6) is 1.05. The van der Waals surface area contributed by atoms with Crippen LogP contribution in [-0.4, -0.2) is 12.6 Å². The molecule has 1 unspecified atom stereocenters. The molecule has 1 rings (SSSR count). The van der Waals surface area contributed by atoms with Gasteiger partial charge >= 0.3 is 0 Å². The van der Waals surface area contributed by atoms with E-state index in [2.05, 4.69) is 18.8 Å². The SMILES string of the molecule is C=CCC(C)NCCC1CC1. The Balaban J connectivity index is 1.87. The van der Waals surface area contributed by atoms with Crippen LogP contribution in [0.4, 0.5) is 0 Å². The zero-order valence-electron chi connectivity index (χ0n) is 7.47. The van der Waals surface area contributed by atoms with Gasteiger partial charge in [-0.25, -0.2) is 0 Å². The molecule has 0 radical (unpaired) electrons. The number of hydrogen-bond acceptors (Lipinski definition) is 1. The molecule has 1 saturated carbocycles. The molecule has 11 heavy (non-hydrogen) atoms. The molecule has 0 bridgehead atoms. The first kappa shape index (κ1) is 8.79. The van der Waals surface area contributed by atoms with Crippen LogP contribution in [0.1, 0.15) is 32.6 Å². The van der Waals surface area contributed by atoms with Crippen LogP contribution in [0.5, 0.6) is 0 Å². The van der Waals surface area contributed by atoms with Gasteiger partial charge in [0.2, 0.25) is 0 Å². The Morgan fingerprint density at radius 1 is 1.64 bits per heavy atom. The number of nitrogens with one attached hydrogen (secondary N) is 1. The van der Waals surface area contributed by atoms with Crippen molar-refractivity contribution in [3.8, 4) is 0 Å². The predicted molar refractivity (Wildman–Crippen MR) is 49.6 cm³/mol. The van der Waals surface area contributed by atoms with Crippen molar-refractivity contribution in [1.82, 2.24) is 5.32 Å². The molecule has 0 amide bonds. The summed E-state index contributed by atoms with van der Waals surface area (Å²) in [5, 5.41) is 3.48. The van der Waals surface area contributed by atoms with Gasteiger partial charge in [-0.2, -0.15) is 0 Å². The van der Waals surface area contributed by atoms with E-state index < -0.39 is 0 Å². The van der Waals surface area contributed by atoms with Crippen LogP contribution in [0.15, 0.2) is 12.7 Å². The van der Waals surface area contributed by atoms with Gasteiger partial charge in [0.05, 0.1) is 0 Å². The van der Waals surface area contributed by atoms with Crippen LogP contribution in [0, 0.1) is 5.92 Å². The van der Waals surface area contributed by atoms with Crippen LogP contribution in [0.3, 0.4) is 0 Å². The lowest BCUT2D eigenvalue weighted by Crippen LogP contribution is -2.26. The lowest BCUT2D eigenvalue weighted by molar-refractivity contribution is 0.525. The van der Waals surface area contributed by atoms with E-state index in [1.165, 1.54) is 25.8 Å². The van der Waals surface area contributed by atoms with Crippen molar-refractivity contribution in [1.29, 1.82) is 0 Å². The maximum absolute atomic E-state index is 3.72. The van der Waals surface area contributed by atoms with Crippen molar-refractivity contribution in [3.63, 3.8) is 0 Å². The minimum Gasteiger partial charge on any atom is -0.314 e. The van der Waals surface area contributed by atoms with Crippen molar-refractivity contribution >= 4 is 0 Å². The largest absolute Gasteiger partial charge is 0.314 e. The molecule has 0 heterocycles. The Bertz CT molecular complexity index is 116. The Kier molecular flexibility index (Phi) is 3.64. The first-order valence-electron chi connectivity index (χ1n) is 4.67. The zero-order valence-corrected chi connectivity index (χ0v) is 7.47. The minimum atomic E-state index is 0.617. The van der Waals surface area contributed by atoms with E-state index in [1.54, 1.807) is 0 Å². The molecule has 1 nitrogen and oxygen atoms in total. The van der Waals surface area contributed by atoms with Gasteiger partial charge in [0.1, 0.15) is 0 Å². The second-order valence-electron chi connectivity index (χ2n) is 3.61. The van der Waals surface area contributed by atoms with E-state index in [4.69, 9.17) is 0 Å². The molecular formula is C10H19N. The molecular weight excluding hydrogens is 134 g/mol.